The van der Waals surface area contributed by atoms with Crippen LogP contribution in [0, 0.1) is 0 Å². The molecule has 0 bridgehead atoms. The van der Waals surface area contributed by atoms with Gasteiger partial charge in [0.15, 0.2) is 5.65 Å². The van der Waals surface area contributed by atoms with Crippen LogP contribution in [0.15, 0.2) is 24.3 Å². The zero-order valence-electron chi connectivity index (χ0n) is 12.5. The summed E-state index contributed by atoms with van der Waals surface area (Å²) in [7, 11) is 1.91. The highest BCUT2D eigenvalue weighted by Gasteiger charge is 2.18. The van der Waals surface area contributed by atoms with E-state index in [1.54, 1.807) is 0 Å². The molecule has 6 nitrogen and oxygen atoms in total. The molecule has 0 amide bonds. The first-order valence-corrected chi connectivity index (χ1v) is 7.08. The molecule has 0 spiro atoms. The summed E-state index contributed by atoms with van der Waals surface area (Å²) >= 11 is 0. The Morgan fingerprint density at radius 2 is 2.10 bits per heavy atom. The minimum Gasteiger partial charge on any atom is -0.494 e. The number of nitrogen functional groups attached to an aromatic ring is 1. The zero-order chi connectivity index (χ0) is 15.0. The topological polar surface area (TPSA) is 70.9 Å². The second-order valence-electron chi connectivity index (χ2n) is 4.83. The Morgan fingerprint density at radius 3 is 2.81 bits per heavy atom. The minimum absolute atomic E-state index is 0.460. The molecule has 1 aromatic carbocycles. The van der Waals surface area contributed by atoms with Gasteiger partial charge in [0.25, 0.3) is 0 Å². The van der Waals surface area contributed by atoms with Gasteiger partial charge in [-0.3, -0.25) is 4.57 Å². The molecule has 0 unspecified atom stereocenters. The molecule has 0 fully saturated rings. The van der Waals surface area contributed by atoms with Gasteiger partial charge in [0, 0.05) is 13.1 Å². The van der Waals surface area contributed by atoms with Crippen LogP contribution in [0.1, 0.15) is 19.5 Å². The van der Waals surface area contributed by atoms with Gasteiger partial charge in [-0.15, -0.1) is 0 Å². The number of hydrogen-bond acceptors (Lipinski definition) is 4. The van der Waals surface area contributed by atoms with Gasteiger partial charge >= 0.3 is 0 Å². The third-order valence-electron chi connectivity index (χ3n) is 3.45. The van der Waals surface area contributed by atoms with Crippen molar-refractivity contribution in [3.8, 4) is 11.4 Å². The Kier molecular flexibility index (Phi) is 3.29. The number of hydrogen-bond donors (Lipinski definition) is 1. The number of fused-ring (bicyclic) bond motifs is 1. The van der Waals surface area contributed by atoms with Crippen molar-refractivity contribution in [3.63, 3.8) is 0 Å². The van der Waals surface area contributed by atoms with Crippen LogP contribution < -0.4 is 10.5 Å². The summed E-state index contributed by atoms with van der Waals surface area (Å²) in [6, 6.07) is 7.82. The fourth-order valence-corrected chi connectivity index (χ4v) is 2.57. The van der Waals surface area contributed by atoms with Gasteiger partial charge in [-0.2, -0.15) is 5.10 Å². The van der Waals surface area contributed by atoms with Crippen LogP contribution in [0.2, 0.25) is 0 Å². The molecule has 0 aliphatic carbocycles. The van der Waals surface area contributed by atoms with E-state index < -0.39 is 0 Å². The first-order chi connectivity index (χ1) is 10.2. The first-order valence-electron chi connectivity index (χ1n) is 7.08. The van der Waals surface area contributed by atoms with Crippen LogP contribution in [0.5, 0.6) is 5.75 Å². The highest BCUT2D eigenvalue weighted by Crippen LogP contribution is 2.27. The van der Waals surface area contributed by atoms with Crippen LogP contribution >= 0.6 is 0 Å². The molecule has 3 rings (SSSR count). The summed E-state index contributed by atoms with van der Waals surface area (Å²) in [6.45, 7) is 4.65. The van der Waals surface area contributed by atoms with Gasteiger partial charge < -0.3 is 10.5 Å². The van der Waals surface area contributed by atoms with Crippen LogP contribution in [-0.2, 0) is 13.5 Å². The van der Waals surface area contributed by atoms with E-state index in [2.05, 4.69) is 17.0 Å². The second kappa shape index (κ2) is 5.12. The van der Waals surface area contributed by atoms with Gasteiger partial charge in [-0.25, -0.2) is 9.67 Å². The Hall–Kier alpha value is -2.50. The normalized spacial score (nSPS) is 11.2. The summed E-state index contributed by atoms with van der Waals surface area (Å²) in [5, 5.41) is 4.50. The van der Waals surface area contributed by atoms with Crippen molar-refractivity contribution < 1.29 is 4.74 Å². The molecular weight excluding hydrogens is 266 g/mol. The summed E-state index contributed by atoms with van der Waals surface area (Å²) in [6.07, 6.45) is 0.826. The lowest BCUT2D eigenvalue weighted by Gasteiger charge is -2.09. The van der Waals surface area contributed by atoms with Crippen molar-refractivity contribution in [2.45, 2.75) is 20.3 Å². The van der Waals surface area contributed by atoms with Gasteiger partial charge in [-0.05, 0) is 25.5 Å². The largest absolute Gasteiger partial charge is 0.494 e. The van der Waals surface area contributed by atoms with Gasteiger partial charge in [-0.1, -0.05) is 13.0 Å². The maximum Gasteiger partial charge on any atom is 0.207 e. The highest BCUT2D eigenvalue weighted by molar-refractivity contribution is 5.80. The monoisotopic (exact) mass is 285 g/mol. The molecule has 2 aromatic heterocycles. The molecule has 0 saturated carbocycles. The fourth-order valence-electron chi connectivity index (χ4n) is 2.57. The quantitative estimate of drug-likeness (QED) is 0.798. The highest BCUT2D eigenvalue weighted by atomic mass is 16.5. The Morgan fingerprint density at radius 1 is 1.29 bits per heavy atom. The third-order valence-corrected chi connectivity index (χ3v) is 3.45. The van der Waals surface area contributed by atoms with E-state index in [1.807, 2.05) is 47.5 Å². The van der Waals surface area contributed by atoms with E-state index >= 15 is 0 Å². The summed E-state index contributed by atoms with van der Waals surface area (Å²) in [5.74, 6) is 1.27. The van der Waals surface area contributed by atoms with Crippen molar-refractivity contribution in [1.29, 1.82) is 0 Å². The smallest absolute Gasteiger partial charge is 0.207 e. The van der Waals surface area contributed by atoms with Crippen molar-refractivity contribution in [2.75, 3.05) is 12.3 Å². The molecule has 0 atom stereocenters. The maximum absolute atomic E-state index is 6.12. The molecule has 21 heavy (non-hydrogen) atoms. The van der Waals surface area contributed by atoms with Gasteiger partial charge in [0.05, 0.1) is 18.0 Å². The lowest BCUT2D eigenvalue weighted by Crippen LogP contribution is -2.05. The summed E-state index contributed by atoms with van der Waals surface area (Å²) in [4.78, 5) is 4.47. The van der Waals surface area contributed by atoms with E-state index in [-0.39, 0.29) is 0 Å². The number of benzene rings is 1. The number of aromatic nitrogens is 4. The second-order valence-corrected chi connectivity index (χ2v) is 4.83. The first kappa shape index (κ1) is 13.5. The van der Waals surface area contributed by atoms with Crippen LogP contribution in [0.4, 0.5) is 5.95 Å². The minimum atomic E-state index is 0.460. The zero-order valence-corrected chi connectivity index (χ0v) is 12.5. The fraction of sp³-hybridized carbons (Fsp3) is 0.333. The Bertz CT molecular complexity index is 787. The molecule has 0 aliphatic heterocycles. The van der Waals surface area contributed by atoms with Crippen LogP contribution in [0.25, 0.3) is 16.9 Å². The molecule has 0 aliphatic rings. The average molecular weight is 285 g/mol. The predicted molar refractivity (Wildman–Crippen MR) is 82.8 cm³/mol. The molecule has 2 heterocycles. The molecule has 0 radical (unpaired) electrons. The van der Waals surface area contributed by atoms with Crippen molar-refractivity contribution >= 4 is 17.1 Å². The van der Waals surface area contributed by atoms with E-state index in [0.29, 0.717) is 12.6 Å². The average Bonchev–Trinajstić information content (AvgIpc) is 2.96. The number of anilines is 1. The standard InChI is InChI=1S/C15H19N5O/c1-4-12-13-14(19(3)18-12)20(15(16)17-13)10-7-6-8-11(9-10)21-5-2/h6-9H,4-5H2,1-3H3,(H2,16,17). The Labute approximate surface area is 123 Å². The summed E-state index contributed by atoms with van der Waals surface area (Å²) in [5.41, 5.74) is 9.76. The maximum atomic E-state index is 6.12. The predicted octanol–water partition coefficient (Wildman–Crippen LogP) is 2.30. The SMILES string of the molecule is CCOc1cccc(-n2c(N)nc3c(CC)nn(C)c32)c1. The number of nitrogens with two attached hydrogens (primary N) is 1. The van der Waals surface area contributed by atoms with Crippen LogP contribution in [0.3, 0.4) is 0 Å². The molecule has 0 saturated heterocycles. The van der Waals surface area contributed by atoms with Crippen molar-refractivity contribution in [1.82, 2.24) is 19.3 Å². The molecular formula is C15H19N5O. The summed E-state index contributed by atoms with van der Waals surface area (Å²) < 4.78 is 9.29. The molecule has 6 heteroatoms. The number of ether oxygens (including phenoxy) is 1. The Balaban J connectivity index is 2.22. The molecule has 2 N–H and O–H groups in total. The van der Waals surface area contributed by atoms with E-state index in [0.717, 1.165) is 34.7 Å². The van der Waals surface area contributed by atoms with Crippen LogP contribution in [-0.4, -0.2) is 25.9 Å². The van der Waals surface area contributed by atoms with Crippen molar-refractivity contribution in [3.05, 3.63) is 30.0 Å². The number of nitrogens with zero attached hydrogens (tertiary/aromatic N) is 4. The van der Waals surface area contributed by atoms with E-state index in [4.69, 9.17) is 10.5 Å². The van der Waals surface area contributed by atoms with Gasteiger partial charge in [0.2, 0.25) is 5.95 Å². The lowest BCUT2D eigenvalue weighted by molar-refractivity contribution is 0.340. The number of aryl methyl sites for hydroxylation is 2. The number of imidazole rings is 1. The van der Waals surface area contributed by atoms with E-state index in [1.165, 1.54) is 0 Å². The molecule has 110 valence electrons. The van der Waals surface area contributed by atoms with E-state index in [9.17, 15) is 0 Å². The van der Waals surface area contributed by atoms with Gasteiger partial charge in [0.1, 0.15) is 11.3 Å². The third kappa shape index (κ3) is 2.12. The number of rotatable bonds is 4. The lowest BCUT2D eigenvalue weighted by atomic mass is 10.3. The molecule has 3 aromatic rings. The van der Waals surface area contributed by atoms with Crippen molar-refractivity contribution in [2.24, 2.45) is 7.05 Å².